The number of nitrogens with one attached hydrogen (secondary N) is 1. The van der Waals surface area contributed by atoms with Gasteiger partial charge < -0.3 is 89.9 Å². The quantitative estimate of drug-likeness (QED) is 0.0205. The van der Waals surface area contributed by atoms with Crippen LogP contribution < -0.4 is 5.32 Å². The lowest BCUT2D eigenvalue weighted by Gasteiger charge is -2.48. The molecule has 0 saturated carbocycles. The summed E-state index contributed by atoms with van der Waals surface area (Å²) < 4.78 is 34.3. The van der Waals surface area contributed by atoms with Gasteiger partial charge in [0.25, 0.3) is 0 Å². The molecule has 0 radical (unpaired) electrons. The van der Waals surface area contributed by atoms with E-state index in [4.69, 9.17) is 28.4 Å². The first-order valence-corrected chi connectivity index (χ1v) is 33.2. The summed E-state index contributed by atoms with van der Waals surface area (Å²) in [5, 5.41) is 120. The van der Waals surface area contributed by atoms with Crippen molar-refractivity contribution in [2.24, 2.45) is 0 Å². The number of rotatable bonds is 50. The molecule has 0 aliphatic carbocycles. The Hall–Kier alpha value is -1.99. The van der Waals surface area contributed by atoms with E-state index >= 15 is 0 Å². The number of amides is 1. The van der Waals surface area contributed by atoms with Crippen molar-refractivity contribution < 1.29 is 89.4 Å². The van der Waals surface area contributed by atoms with Gasteiger partial charge in [0.05, 0.1) is 38.6 Å². The van der Waals surface area contributed by atoms with Crippen LogP contribution in [-0.2, 0) is 33.2 Å². The molecular weight excluding hydrogens is 1080 g/mol. The van der Waals surface area contributed by atoms with E-state index in [-0.39, 0.29) is 18.9 Å². The summed E-state index contributed by atoms with van der Waals surface area (Å²) in [6.07, 6.45) is 27.1. The summed E-state index contributed by atoms with van der Waals surface area (Å²) in [4.78, 5) is 13.3. The van der Waals surface area contributed by atoms with Crippen LogP contribution in [0.2, 0.25) is 0 Å². The summed E-state index contributed by atoms with van der Waals surface area (Å²) in [6, 6.07) is -0.993. The molecule has 3 saturated heterocycles. The smallest absolute Gasteiger partial charge is 0.220 e. The largest absolute Gasteiger partial charge is 0.394 e. The molecule has 12 N–H and O–H groups in total. The molecule has 19 heteroatoms. The fourth-order valence-electron chi connectivity index (χ4n) is 11.2. The second-order valence-electron chi connectivity index (χ2n) is 23.9. The highest BCUT2D eigenvalue weighted by molar-refractivity contribution is 5.76. The highest BCUT2D eigenvalue weighted by Crippen LogP contribution is 2.33. The van der Waals surface area contributed by atoms with Gasteiger partial charge in [0.15, 0.2) is 18.9 Å². The van der Waals surface area contributed by atoms with Crippen LogP contribution in [0.15, 0.2) is 36.5 Å². The molecule has 3 fully saturated rings. The maximum absolute atomic E-state index is 13.3. The lowest BCUT2D eigenvalue weighted by atomic mass is 9.96. The average Bonchev–Trinajstić information content (AvgIpc) is 3.22. The van der Waals surface area contributed by atoms with Crippen LogP contribution in [0.3, 0.4) is 0 Å². The van der Waals surface area contributed by atoms with Gasteiger partial charge in [-0.05, 0) is 44.9 Å². The molecule has 0 aromatic rings. The molecule has 3 heterocycles. The predicted octanol–water partition coefficient (Wildman–Crippen LogP) is 7.66. The zero-order valence-electron chi connectivity index (χ0n) is 51.6. The molecule has 0 spiro atoms. The Labute approximate surface area is 504 Å². The van der Waals surface area contributed by atoms with E-state index < -0.39 is 124 Å². The minimum atomic E-state index is -1.98. The summed E-state index contributed by atoms with van der Waals surface area (Å²) in [7, 11) is 0. The van der Waals surface area contributed by atoms with Crippen LogP contribution in [0.25, 0.3) is 0 Å². The standard InChI is InChI=1S/C65H119NO18/c1-3-5-7-9-11-13-15-17-18-19-20-21-22-23-24-25-26-27-28-29-31-32-34-36-38-40-42-49(70)48(66-53(71)43-41-39-37-35-33-30-16-14-12-10-8-6-4-2)47-79-63-59(77)56(74)61(51(45-68)81-63)84-65-60(78)57(75)62(52(46-69)82-65)83-64-58(76)55(73)54(72)50(44-67)80-64/h27-28,32,34,40,42,48-52,54-65,67-70,72-78H,3-26,29-31,33,35-39,41,43-47H2,1-2H3,(H,66,71)/b28-27+,34-32+,42-40+. The third-order valence-corrected chi connectivity index (χ3v) is 16.7. The predicted molar refractivity (Wildman–Crippen MR) is 323 cm³/mol. The highest BCUT2D eigenvalue weighted by atomic mass is 16.8. The number of carbonyl (C=O) groups is 1. The summed E-state index contributed by atoms with van der Waals surface area (Å²) >= 11 is 0. The molecule has 0 aromatic heterocycles. The lowest BCUT2D eigenvalue weighted by molar-refractivity contribution is -0.379. The Bertz CT molecular complexity index is 1670. The van der Waals surface area contributed by atoms with E-state index in [1.165, 1.54) is 161 Å². The van der Waals surface area contributed by atoms with Gasteiger partial charge in [-0.2, -0.15) is 0 Å². The number of ether oxygens (including phenoxy) is 6. The molecule has 84 heavy (non-hydrogen) atoms. The zero-order chi connectivity index (χ0) is 61.2. The second kappa shape index (κ2) is 47.9. The Morgan fingerprint density at radius 3 is 1.19 bits per heavy atom. The number of unbranched alkanes of at least 4 members (excludes halogenated alkanes) is 30. The SMILES string of the molecule is CCCCCCCCCCCCCCCCCC/C=C/CC/C=C/CC/C=C/C(O)C(COC1OC(CO)C(OC2OC(CO)C(OC3OC(CO)C(O)C(O)C3O)C(O)C2O)C(O)C1O)NC(=O)CCCCCCCCCCCCCCC. The summed E-state index contributed by atoms with van der Waals surface area (Å²) in [5.74, 6) is -0.289. The fourth-order valence-corrected chi connectivity index (χ4v) is 11.2. The van der Waals surface area contributed by atoms with Gasteiger partial charge in [-0.15, -0.1) is 0 Å². The number of allylic oxidation sites excluding steroid dienone is 5. The van der Waals surface area contributed by atoms with Crippen LogP contribution in [0.4, 0.5) is 0 Å². The number of hydrogen-bond acceptors (Lipinski definition) is 18. The molecule has 0 bridgehead atoms. The van der Waals surface area contributed by atoms with E-state index in [9.17, 15) is 61.0 Å². The first kappa shape index (κ1) is 76.3. The molecule has 3 aliphatic rings. The first-order chi connectivity index (χ1) is 40.8. The Balaban J connectivity index is 1.46. The fraction of sp³-hybridized carbons (Fsp3) is 0.892. The third kappa shape index (κ3) is 30.5. The van der Waals surface area contributed by atoms with Crippen LogP contribution in [0, 0.1) is 0 Å². The van der Waals surface area contributed by atoms with Crippen LogP contribution in [0.5, 0.6) is 0 Å². The van der Waals surface area contributed by atoms with Gasteiger partial charge in [0, 0.05) is 6.42 Å². The second-order valence-corrected chi connectivity index (χ2v) is 23.9. The Morgan fingerprint density at radius 2 is 0.762 bits per heavy atom. The zero-order valence-corrected chi connectivity index (χ0v) is 51.6. The number of aliphatic hydroxyl groups is 11. The topological polar surface area (TPSA) is 307 Å². The van der Waals surface area contributed by atoms with Gasteiger partial charge in [-0.25, -0.2) is 0 Å². The average molecular weight is 1200 g/mol. The monoisotopic (exact) mass is 1200 g/mol. The normalized spacial score (nSPS) is 29.4. The number of carbonyl (C=O) groups excluding carboxylic acids is 1. The van der Waals surface area contributed by atoms with Crippen molar-refractivity contribution in [2.75, 3.05) is 26.4 Å². The van der Waals surface area contributed by atoms with Crippen LogP contribution in [0.1, 0.15) is 239 Å². The van der Waals surface area contributed by atoms with Crippen molar-refractivity contribution in [1.82, 2.24) is 5.32 Å². The first-order valence-electron chi connectivity index (χ1n) is 33.2. The Morgan fingerprint density at radius 1 is 0.417 bits per heavy atom. The van der Waals surface area contributed by atoms with Gasteiger partial charge in [0.1, 0.15) is 73.2 Å². The third-order valence-electron chi connectivity index (χ3n) is 16.7. The molecule has 0 aromatic carbocycles. The number of aliphatic hydroxyl groups excluding tert-OH is 11. The molecular formula is C65H119NO18. The van der Waals surface area contributed by atoms with E-state index in [2.05, 4.69) is 43.5 Å². The van der Waals surface area contributed by atoms with Gasteiger partial charge in [-0.3, -0.25) is 4.79 Å². The van der Waals surface area contributed by atoms with E-state index in [1.807, 2.05) is 6.08 Å². The maximum atomic E-state index is 13.3. The molecule has 17 atom stereocenters. The molecule has 1 amide bonds. The van der Waals surface area contributed by atoms with Crippen molar-refractivity contribution >= 4 is 5.91 Å². The molecule has 492 valence electrons. The minimum absolute atomic E-state index is 0.235. The molecule has 17 unspecified atom stereocenters. The van der Waals surface area contributed by atoms with Crippen molar-refractivity contribution in [3.63, 3.8) is 0 Å². The molecule has 3 rings (SSSR count). The van der Waals surface area contributed by atoms with Crippen LogP contribution in [-0.4, -0.2) is 193 Å². The van der Waals surface area contributed by atoms with Crippen molar-refractivity contribution in [1.29, 1.82) is 0 Å². The van der Waals surface area contributed by atoms with E-state index in [0.717, 1.165) is 44.9 Å². The summed E-state index contributed by atoms with van der Waals surface area (Å²) in [6.45, 7) is 1.71. The van der Waals surface area contributed by atoms with Crippen LogP contribution >= 0.6 is 0 Å². The molecule has 3 aliphatic heterocycles. The van der Waals surface area contributed by atoms with E-state index in [1.54, 1.807) is 6.08 Å². The maximum Gasteiger partial charge on any atom is 0.220 e. The minimum Gasteiger partial charge on any atom is -0.394 e. The molecule has 19 nitrogen and oxygen atoms in total. The highest BCUT2D eigenvalue weighted by Gasteiger charge is 2.53. The van der Waals surface area contributed by atoms with Gasteiger partial charge in [0.2, 0.25) is 5.91 Å². The lowest BCUT2D eigenvalue weighted by Crippen LogP contribution is -2.66. The summed E-state index contributed by atoms with van der Waals surface area (Å²) in [5.41, 5.74) is 0. The van der Waals surface area contributed by atoms with Crippen molar-refractivity contribution in [2.45, 2.75) is 343 Å². The van der Waals surface area contributed by atoms with Crippen molar-refractivity contribution in [3.8, 4) is 0 Å². The van der Waals surface area contributed by atoms with Crippen molar-refractivity contribution in [3.05, 3.63) is 36.5 Å². The van der Waals surface area contributed by atoms with Gasteiger partial charge >= 0.3 is 0 Å². The number of hydrogen-bond donors (Lipinski definition) is 12. The Kier molecular flexibility index (Phi) is 43.5. The van der Waals surface area contributed by atoms with Gasteiger partial charge in [-0.1, -0.05) is 224 Å². The van der Waals surface area contributed by atoms with E-state index in [0.29, 0.717) is 12.8 Å².